The summed E-state index contributed by atoms with van der Waals surface area (Å²) in [6.45, 7) is 1.37. The van der Waals surface area contributed by atoms with Crippen molar-refractivity contribution in [2.24, 2.45) is 5.92 Å². The predicted octanol–water partition coefficient (Wildman–Crippen LogP) is 3.30. The normalized spacial score (nSPS) is 16.9. The van der Waals surface area contributed by atoms with Crippen molar-refractivity contribution in [1.29, 1.82) is 0 Å². The van der Waals surface area contributed by atoms with Gasteiger partial charge in [-0.05, 0) is 55.9 Å². The minimum atomic E-state index is -0.789. The number of carboxylic acids is 1. The van der Waals surface area contributed by atoms with Crippen molar-refractivity contribution in [2.45, 2.75) is 44.9 Å². The van der Waals surface area contributed by atoms with E-state index in [0.29, 0.717) is 49.5 Å². The molecule has 1 fully saturated rings. The Morgan fingerprint density at radius 3 is 2.79 bits per heavy atom. The number of nitrogens with zero attached hydrogens (tertiary/aromatic N) is 3. The average molecular weight is 389 g/mol. The van der Waals surface area contributed by atoms with E-state index in [2.05, 4.69) is 10.1 Å². The van der Waals surface area contributed by atoms with Crippen LogP contribution in [0.2, 0.25) is 0 Å². The van der Waals surface area contributed by atoms with Gasteiger partial charge in [0, 0.05) is 37.9 Å². The van der Waals surface area contributed by atoms with E-state index in [4.69, 9.17) is 9.63 Å². The highest BCUT2D eigenvalue weighted by atomic mass is 19.1. The van der Waals surface area contributed by atoms with Gasteiger partial charge in [-0.1, -0.05) is 5.16 Å². The summed E-state index contributed by atoms with van der Waals surface area (Å²) in [4.78, 5) is 29.3. The first-order valence-electron chi connectivity index (χ1n) is 9.59. The SMILES string of the molecule is O=C(O)CCC1CCCN(C(=O)CCCc2nc(-c3ccc(F)cc3)no2)C1. The highest BCUT2D eigenvalue weighted by molar-refractivity contribution is 5.76. The summed E-state index contributed by atoms with van der Waals surface area (Å²) >= 11 is 0. The molecular weight excluding hydrogens is 365 g/mol. The zero-order chi connectivity index (χ0) is 19.9. The number of hydrogen-bond donors (Lipinski definition) is 1. The third-order valence-corrected chi connectivity index (χ3v) is 4.99. The standard InChI is InChI=1S/C20H24FN3O4/c21-16-9-7-15(8-10-16)20-22-17(28-23-20)4-1-5-18(25)24-12-2-3-14(13-24)6-11-19(26)27/h7-10,14H,1-6,11-13H2,(H,26,27). The molecule has 2 aromatic rings. The smallest absolute Gasteiger partial charge is 0.303 e. The first-order chi connectivity index (χ1) is 13.5. The number of aliphatic carboxylic acids is 1. The maximum Gasteiger partial charge on any atom is 0.303 e. The third-order valence-electron chi connectivity index (χ3n) is 4.99. The Balaban J connectivity index is 1.44. The molecule has 1 aliphatic rings. The van der Waals surface area contributed by atoms with Gasteiger partial charge in [0.25, 0.3) is 0 Å². The first kappa shape index (κ1) is 20.0. The number of rotatable bonds is 8. The minimum Gasteiger partial charge on any atom is -0.481 e. The van der Waals surface area contributed by atoms with Crippen LogP contribution in [0.4, 0.5) is 4.39 Å². The van der Waals surface area contributed by atoms with E-state index in [-0.39, 0.29) is 24.1 Å². The lowest BCUT2D eigenvalue weighted by atomic mass is 9.93. The molecule has 3 rings (SSSR count). The number of likely N-dealkylation sites (tertiary alicyclic amines) is 1. The van der Waals surface area contributed by atoms with Crippen LogP contribution in [0.15, 0.2) is 28.8 Å². The molecule has 1 unspecified atom stereocenters. The Morgan fingerprint density at radius 2 is 2.04 bits per heavy atom. The molecule has 0 radical (unpaired) electrons. The fraction of sp³-hybridized carbons (Fsp3) is 0.500. The summed E-state index contributed by atoms with van der Waals surface area (Å²) in [7, 11) is 0. The van der Waals surface area contributed by atoms with E-state index >= 15 is 0 Å². The zero-order valence-electron chi connectivity index (χ0n) is 15.6. The highest BCUT2D eigenvalue weighted by Gasteiger charge is 2.23. The molecule has 1 amide bonds. The van der Waals surface area contributed by atoms with Gasteiger partial charge in [-0.2, -0.15) is 4.98 Å². The Bertz CT molecular complexity index is 806. The number of aryl methyl sites for hydroxylation is 1. The summed E-state index contributed by atoms with van der Waals surface area (Å²) in [5.41, 5.74) is 0.674. The zero-order valence-corrected chi connectivity index (χ0v) is 15.6. The maximum absolute atomic E-state index is 13.0. The molecule has 1 aromatic carbocycles. The van der Waals surface area contributed by atoms with E-state index in [0.717, 1.165) is 19.4 Å². The summed E-state index contributed by atoms with van der Waals surface area (Å²) in [5.74, 6) is 0.0851. The lowest BCUT2D eigenvalue weighted by Crippen LogP contribution is -2.40. The van der Waals surface area contributed by atoms with Crippen molar-refractivity contribution in [3.63, 3.8) is 0 Å². The largest absolute Gasteiger partial charge is 0.481 e. The molecule has 1 aromatic heterocycles. The Morgan fingerprint density at radius 1 is 1.25 bits per heavy atom. The topological polar surface area (TPSA) is 96.5 Å². The van der Waals surface area contributed by atoms with Crippen LogP contribution in [0.25, 0.3) is 11.4 Å². The molecule has 0 bridgehead atoms. The summed E-state index contributed by atoms with van der Waals surface area (Å²) in [6, 6.07) is 5.86. The van der Waals surface area contributed by atoms with Crippen molar-refractivity contribution in [3.8, 4) is 11.4 Å². The molecule has 0 spiro atoms. The number of halogens is 1. The fourth-order valence-corrected chi connectivity index (χ4v) is 3.48. The Hall–Kier alpha value is -2.77. The number of hydrogen-bond acceptors (Lipinski definition) is 5. The molecule has 150 valence electrons. The summed E-state index contributed by atoms with van der Waals surface area (Å²) in [6.07, 6.45) is 4.15. The van der Waals surface area contributed by atoms with E-state index in [1.807, 2.05) is 4.90 Å². The number of carboxylic acid groups (broad SMARTS) is 1. The number of benzene rings is 1. The lowest BCUT2D eigenvalue weighted by Gasteiger charge is -2.32. The molecular formula is C20H24FN3O4. The highest BCUT2D eigenvalue weighted by Crippen LogP contribution is 2.22. The van der Waals surface area contributed by atoms with Crippen LogP contribution < -0.4 is 0 Å². The van der Waals surface area contributed by atoms with Gasteiger partial charge in [0.2, 0.25) is 17.6 Å². The van der Waals surface area contributed by atoms with Crippen LogP contribution in [-0.4, -0.2) is 45.1 Å². The fourth-order valence-electron chi connectivity index (χ4n) is 3.48. The van der Waals surface area contributed by atoms with Gasteiger partial charge >= 0.3 is 5.97 Å². The van der Waals surface area contributed by atoms with Crippen molar-refractivity contribution >= 4 is 11.9 Å². The summed E-state index contributed by atoms with van der Waals surface area (Å²) < 4.78 is 18.2. The minimum absolute atomic E-state index is 0.0818. The molecule has 7 nitrogen and oxygen atoms in total. The molecule has 0 saturated carbocycles. The van der Waals surface area contributed by atoms with E-state index in [1.165, 1.54) is 12.1 Å². The first-order valence-corrected chi connectivity index (χ1v) is 9.59. The third kappa shape index (κ3) is 5.61. The molecule has 28 heavy (non-hydrogen) atoms. The predicted molar refractivity (Wildman–Crippen MR) is 98.8 cm³/mol. The molecule has 2 heterocycles. The number of carbonyl (C=O) groups is 2. The van der Waals surface area contributed by atoms with Gasteiger partial charge < -0.3 is 14.5 Å². The van der Waals surface area contributed by atoms with Crippen LogP contribution in [0.1, 0.15) is 44.4 Å². The van der Waals surface area contributed by atoms with Crippen LogP contribution in [0.5, 0.6) is 0 Å². The Kier molecular flexibility index (Phi) is 6.73. The molecule has 8 heteroatoms. The van der Waals surface area contributed by atoms with E-state index in [9.17, 15) is 14.0 Å². The Labute approximate surface area is 162 Å². The number of piperidine rings is 1. The van der Waals surface area contributed by atoms with Gasteiger partial charge in [-0.15, -0.1) is 0 Å². The monoisotopic (exact) mass is 389 g/mol. The average Bonchev–Trinajstić information content (AvgIpc) is 3.16. The van der Waals surface area contributed by atoms with Gasteiger partial charge in [-0.3, -0.25) is 9.59 Å². The van der Waals surface area contributed by atoms with Gasteiger partial charge in [0.15, 0.2) is 0 Å². The van der Waals surface area contributed by atoms with Crippen molar-refractivity contribution < 1.29 is 23.6 Å². The number of aromatic nitrogens is 2. The second-order valence-corrected chi connectivity index (χ2v) is 7.15. The van der Waals surface area contributed by atoms with Gasteiger partial charge in [0.05, 0.1) is 0 Å². The molecule has 1 aliphatic heterocycles. The number of amides is 1. The molecule has 1 atom stereocenters. The van der Waals surface area contributed by atoms with Crippen molar-refractivity contribution in [2.75, 3.05) is 13.1 Å². The van der Waals surface area contributed by atoms with Crippen LogP contribution >= 0.6 is 0 Å². The van der Waals surface area contributed by atoms with E-state index < -0.39 is 5.97 Å². The van der Waals surface area contributed by atoms with Gasteiger partial charge in [-0.25, -0.2) is 4.39 Å². The molecule has 0 aliphatic carbocycles. The van der Waals surface area contributed by atoms with E-state index in [1.54, 1.807) is 12.1 Å². The molecule has 1 saturated heterocycles. The quantitative estimate of drug-likeness (QED) is 0.744. The van der Waals surface area contributed by atoms with Crippen LogP contribution in [0, 0.1) is 11.7 Å². The van der Waals surface area contributed by atoms with Crippen LogP contribution in [0.3, 0.4) is 0 Å². The van der Waals surface area contributed by atoms with Crippen molar-refractivity contribution in [3.05, 3.63) is 36.0 Å². The number of carbonyl (C=O) groups excluding carboxylic acids is 1. The van der Waals surface area contributed by atoms with Crippen molar-refractivity contribution in [1.82, 2.24) is 15.0 Å². The summed E-state index contributed by atoms with van der Waals surface area (Å²) in [5, 5.41) is 12.7. The molecule has 1 N–H and O–H groups in total. The second-order valence-electron chi connectivity index (χ2n) is 7.15. The van der Waals surface area contributed by atoms with Gasteiger partial charge in [0.1, 0.15) is 5.82 Å². The second kappa shape index (κ2) is 9.43. The maximum atomic E-state index is 13.0. The van der Waals surface area contributed by atoms with Crippen LogP contribution in [-0.2, 0) is 16.0 Å². The lowest BCUT2D eigenvalue weighted by molar-refractivity contribution is -0.137.